The second-order valence-corrected chi connectivity index (χ2v) is 0.463. The van der Waals surface area contributed by atoms with Crippen LogP contribution in [0.3, 0.4) is 0 Å². The smallest absolute Gasteiger partial charge is 0.449 e. The molecule has 0 bridgehead atoms. The molecule has 0 aromatic rings. The molecule has 0 aliphatic heterocycles. The van der Waals surface area contributed by atoms with Gasteiger partial charge in [0.2, 0.25) is 0 Å². The molecular weight excluding hydrogens is 198 g/mol. The van der Waals surface area contributed by atoms with Crippen LogP contribution >= 0.6 is 0 Å². The number of hydrogen-bond acceptors (Lipinski definition) is 2. The van der Waals surface area contributed by atoms with Gasteiger partial charge in [-0.3, -0.25) is 0 Å². The summed E-state index contributed by atoms with van der Waals surface area (Å²) in [5.74, 6) is 0. The van der Waals surface area contributed by atoms with Crippen molar-refractivity contribution < 1.29 is 28.9 Å². The van der Waals surface area contributed by atoms with Crippen molar-refractivity contribution in [1.29, 1.82) is 0 Å². The predicted octanol–water partition coefficient (Wildman–Crippen LogP) is -5.12. The van der Waals surface area contributed by atoms with Crippen LogP contribution in [0.1, 0.15) is 0 Å². The number of halogens is 1. The van der Waals surface area contributed by atoms with Crippen molar-refractivity contribution in [2.75, 3.05) is 0 Å². The summed E-state index contributed by atoms with van der Waals surface area (Å²) in [4.78, 5) is 0. The fraction of sp³-hybridized carbons (Fsp3) is 0. The molecule has 0 fully saturated rings. The summed E-state index contributed by atoms with van der Waals surface area (Å²) >= 11 is -1.66. The monoisotopic (exact) mass is 199 g/mol. The van der Waals surface area contributed by atoms with Gasteiger partial charge in [0.05, 0.1) is 0 Å². The average molecular weight is 199 g/mol. The average Bonchev–Trinajstić information content (AvgIpc) is 0.918. The molecule has 0 aromatic heterocycles. The number of hydrogen-bond donors (Lipinski definition) is 1. The molecule has 0 atom stereocenters. The van der Waals surface area contributed by atoms with Gasteiger partial charge in [0, 0.05) is 51.4 Å². The Balaban J connectivity index is 0. The summed E-state index contributed by atoms with van der Waals surface area (Å²) in [6, 6.07) is 0. The van der Waals surface area contributed by atoms with E-state index in [1.54, 1.807) is 0 Å². The van der Waals surface area contributed by atoms with Gasteiger partial charge < -0.3 is 3.44 Å². The molecule has 21 valence electrons. The van der Waals surface area contributed by atoms with Gasteiger partial charge in [0.25, 0.3) is 0 Å². The summed E-state index contributed by atoms with van der Waals surface area (Å²) < 4.78 is 15.7. The Labute approximate surface area is 78.4 Å². The van der Waals surface area contributed by atoms with Crippen LogP contribution in [0, 0.1) is 0 Å². The van der Waals surface area contributed by atoms with Crippen molar-refractivity contribution in [1.82, 2.24) is 0 Å². The minimum absolute atomic E-state index is 0. The number of rotatable bonds is 0. The van der Waals surface area contributed by atoms with Crippen LogP contribution in [0.15, 0.2) is 0 Å². The molecule has 0 rings (SSSR count). The molecule has 0 aromatic carbocycles. The first-order valence-electron chi connectivity index (χ1n) is 0.323. The van der Waals surface area contributed by atoms with Crippen molar-refractivity contribution in [2.45, 2.75) is 0 Å². The van der Waals surface area contributed by atoms with Crippen molar-refractivity contribution in [3.05, 3.63) is 0 Å². The molecule has 0 saturated carbocycles. The van der Waals surface area contributed by atoms with Crippen LogP contribution in [0.2, 0.25) is 0 Å². The molecule has 1 radical (unpaired) electrons. The predicted molar refractivity (Wildman–Crippen MR) is 7.97 cm³/mol. The molecule has 2 nitrogen and oxygen atoms in total. The molecule has 1 N–H and O–H groups in total. The summed E-state index contributed by atoms with van der Waals surface area (Å²) in [5, 5.41) is 0. The van der Waals surface area contributed by atoms with Crippen LogP contribution in [-0.2, 0) is 0 Å². The summed E-state index contributed by atoms with van der Waals surface area (Å²) in [6.07, 6.45) is 0. The first kappa shape index (κ1) is 9.56. The van der Waals surface area contributed by atoms with Crippen molar-refractivity contribution in [3.63, 3.8) is 0 Å². The topological polar surface area (TPSA) is 43.3 Å². The minimum atomic E-state index is -1.66. The van der Waals surface area contributed by atoms with Crippen LogP contribution < -0.4 is 25.5 Å². The maximum Gasteiger partial charge on any atom is 0.449 e. The fourth-order valence-corrected chi connectivity index (χ4v) is 0. The molecule has 0 amide bonds. The molecule has 0 spiro atoms. The molecule has 0 heterocycles. The normalized spacial score (nSPS) is 4.50. The summed E-state index contributed by atoms with van der Waals surface area (Å²) in [6.45, 7) is 0. The van der Waals surface area contributed by atoms with Crippen LogP contribution in [0.5, 0.6) is 0 Å². The Kier molecular flexibility index (Phi) is 21.5. The molecule has 0 unspecified atom stereocenters. The molecule has 4 heteroatoms. The molecule has 0 aliphatic carbocycles. The van der Waals surface area contributed by atoms with E-state index in [2.05, 4.69) is 0 Å². The van der Waals surface area contributed by atoms with Crippen molar-refractivity contribution in [3.8, 4) is 0 Å². The SMILES string of the molecule is [K].[O-][I+]O. The molecular formula is HIKO2. The van der Waals surface area contributed by atoms with E-state index < -0.39 is 22.0 Å². The van der Waals surface area contributed by atoms with Crippen LogP contribution in [0.4, 0.5) is 0 Å². The third-order valence-electron chi connectivity index (χ3n) is 0. The Morgan fingerprint density at radius 3 is 1.75 bits per heavy atom. The van der Waals surface area contributed by atoms with Crippen LogP contribution in [-0.4, -0.2) is 54.8 Å². The second kappa shape index (κ2) is 8.99. The van der Waals surface area contributed by atoms with Gasteiger partial charge in [-0.05, 0) is 0 Å². The molecule has 0 saturated heterocycles. The van der Waals surface area contributed by atoms with Gasteiger partial charge in [0.1, 0.15) is 0 Å². The molecule has 0 aliphatic rings. The van der Waals surface area contributed by atoms with Gasteiger partial charge in [0.15, 0.2) is 0 Å². The Morgan fingerprint density at radius 2 is 1.75 bits per heavy atom. The first-order chi connectivity index (χ1) is 1.41. The first-order valence-corrected chi connectivity index (χ1v) is 2.17. The largest absolute Gasteiger partial charge is 0.567 e. The van der Waals surface area contributed by atoms with E-state index in [1.165, 1.54) is 0 Å². The zero-order chi connectivity index (χ0) is 2.71. The summed E-state index contributed by atoms with van der Waals surface area (Å²) in [7, 11) is 0. The zero-order valence-corrected chi connectivity index (χ0v) is 7.51. The second-order valence-electron chi connectivity index (χ2n) is 0.0690. The fourth-order valence-electron chi connectivity index (χ4n) is 0. The Bertz CT molecular complexity index is 6.00. The maximum absolute atomic E-state index is 8.60. The van der Waals surface area contributed by atoms with Crippen LogP contribution in [0.25, 0.3) is 0 Å². The van der Waals surface area contributed by atoms with E-state index in [-0.39, 0.29) is 51.4 Å². The maximum atomic E-state index is 8.60. The van der Waals surface area contributed by atoms with Gasteiger partial charge in [-0.25, -0.2) is 0 Å². The molecule has 4 heavy (non-hydrogen) atoms. The Morgan fingerprint density at radius 1 is 1.75 bits per heavy atom. The van der Waals surface area contributed by atoms with Gasteiger partial charge >= 0.3 is 22.0 Å². The van der Waals surface area contributed by atoms with E-state index in [4.69, 9.17) is 6.87 Å². The van der Waals surface area contributed by atoms with Crippen molar-refractivity contribution in [2.24, 2.45) is 0 Å². The third-order valence-corrected chi connectivity index (χ3v) is 0. The Hall–Kier alpha value is 2.29. The zero-order valence-electron chi connectivity index (χ0n) is 2.23. The summed E-state index contributed by atoms with van der Waals surface area (Å²) in [5.41, 5.74) is 0. The minimum Gasteiger partial charge on any atom is -0.567 e. The quantitative estimate of drug-likeness (QED) is 0.313. The van der Waals surface area contributed by atoms with Gasteiger partial charge in [-0.2, -0.15) is 3.44 Å². The van der Waals surface area contributed by atoms with Crippen molar-refractivity contribution >= 4 is 51.4 Å². The third kappa shape index (κ3) is 8.86. The van der Waals surface area contributed by atoms with Gasteiger partial charge in [-0.1, -0.05) is 0 Å². The van der Waals surface area contributed by atoms with E-state index in [9.17, 15) is 0 Å². The van der Waals surface area contributed by atoms with E-state index in [0.717, 1.165) is 0 Å². The standard InChI is InChI=1S/HIO2.K/c2-1-3;/h2H;. The van der Waals surface area contributed by atoms with E-state index in [1.807, 2.05) is 0 Å². The van der Waals surface area contributed by atoms with E-state index >= 15 is 0 Å². The van der Waals surface area contributed by atoms with Gasteiger partial charge in [-0.15, -0.1) is 0 Å². The van der Waals surface area contributed by atoms with E-state index in [0.29, 0.717) is 0 Å².